The van der Waals surface area contributed by atoms with Crippen LogP contribution in [0.5, 0.6) is 0 Å². The predicted molar refractivity (Wildman–Crippen MR) is 62.0 cm³/mol. The van der Waals surface area contributed by atoms with E-state index in [0.717, 1.165) is 11.2 Å². The Bertz CT molecular complexity index is 666. The van der Waals surface area contributed by atoms with Crippen LogP contribution in [0.4, 0.5) is 5.95 Å². The molecule has 0 bridgehead atoms. The zero-order valence-electron chi connectivity index (χ0n) is 9.28. The van der Waals surface area contributed by atoms with E-state index in [2.05, 4.69) is 20.1 Å². The number of aryl methyl sites for hydroxylation is 1. The molecule has 2 N–H and O–H groups in total. The first-order valence-electron chi connectivity index (χ1n) is 5.15. The van der Waals surface area contributed by atoms with Crippen molar-refractivity contribution < 1.29 is 0 Å². The van der Waals surface area contributed by atoms with Crippen LogP contribution >= 0.6 is 0 Å². The number of hydrogen-bond donors (Lipinski definition) is 1. The van der Waals surface area contributed by atoms with Crippen LogP contribution < -0.4 is 5.73 Å². The SMILES string of the molecule is Cn1cnc(Cn2c(N)nc3cccnc32)n1. The zero-order chi connectivity index (χ0) is 11.8. The second kappa shape index (κ2) is 3.55. The maximum Gasteiger partial charge on any atom is 0.202 e. The fourth-order valence-electron chi connectivity index (χ4n) is 1.73. The lowest BCUT2D eigenvalue weighted by Crippen LogP contribution is -2.07. The Kier molecular flexibility index (Phi) is 2.04. The van der Waals surface area contributed by atoms with Gasteiger partial charge in [-0.15, -0.1) is 0 Å². The van der Waals surface area contributed by atoms with Crippen LogP contribution in [0.25, 0.3) is 11.2 Å². The van der Waals surface area contributed by atoms with E-state index in [0.29, 0.717) is 18.3 Å². The highest BCUT2D eigenvalue weighted by molar-refractivity contribution is 5.73. The molecular formula is C10H11N7. The van der Waals surface area contributed by atoms with Gasteiger partial charge in [-0.2, -0.15) is 5.10 Å². The number of nitrogen functional groups attached to an aromatic ring is 1. The summed E-state index contributed by atoms with van der Waals surface area (Å²) in [5, 5.41) is 4.21. The molecule has 17 heavy (non-hydrogen) atoms. The summed E-state index contributed by atoms with van der Waals surface area (Å²) in [5.74, 6) is 1.11. The molecule has 86 valence electrons. The Morgan fingerprint density at radius 1 is 1.35 bits per heavy atom. The standard InChI is InChI=1S/C10H11N7/c1-16-6-13-8(15-16)5-17-9-7(14-10(17)11)3-2-4-12-9/h2-4,6H,5H2,1H3,(H2,11,14). The molecule has 0 saturated carbocycles. The quantitative estimate of drug-likeness (QED) is 0.677. The summed E-state index contributed by atoms with van der Waals surface area (Å²) in [5.41, 5.74) is 7.38. The number of nitrogens with zero attached hydrogens (tertiary/aromatic N) is 6. The van der Waals surface area contributed by atoms with Crippen LogP contribution in [0, 0.1) is 0 Å². The van der Waals surface area contributed by atoms with Gasteiger partial charge in [-0.05, 0) is 12.1 Å². The molecule has 0 aliphatic carbocycles. The first-order valence-corrected chi connectivity index (χ1v) is 5.15. The van der Waals surface area contributed by atoms with Gasteiger partial charge < -0.3 is 5.73 Å². The molecule has 7 nitrogen and oxygen atoms in total. The summed E-state index contributed by atoms with van der Waals surface area (Å²) < 4.78 is 3.45. The van der Waals surface area contributed by atoms with E-state index in [1.807, 2.05) is 19.2 Å². The average molecular weight is 229 g/mol. The van der Waals surface area contributed by atoms with Crippen LogP contribution in [0.15, 0.2) is 24.7 Å². The molecule has 3 rings (SSSR count). The number of rotatable bonds is 2. The van der Waals surface area contributed by atoms with Crippen LogP contribution in [0.2, 0.25) is 0 Å². The third-order valence-corrected chi connectivity index (χ3v) is 2.48. The van der Waals surface area contributed by atoms with Crippen molar-refractivity contribution in [2.45, 2.75) is 6.54 Å². The van der Waals surface area contributed by atoms with E-state index in [1.54, 1.807) is 21.8 Å². The second-order valence-corrected chi connectivity index (χ2v) is 3.74. The second-order valence-electron chi connectivity index (χ2n) is 3.74. The lowest BCUT2D eigenvalue weighted by molar-refractivity contribution is 0.712. The van der Waals surface area contributed by atoms with Crippen molar-refractivity contribution >= 4 is 17.1 Å². The van der Waals surface area contributed by atoms with E-state index in [-0.39, 0.29) is 0 Å². The fraction of sp³-hybridized carbons (Fsp3) is 0.200. The Balaban J connectivity index is 2.08. The number of anilines is 1. The Labute approximate surface area is 96.9 Å². The average Bonchev–Trinajstić information content (AvgIpc) is 2.85. The normalized spacial score (nSPS) is 11.1. The van der Waals surface area contributed by atoms with E-state index in [4.69, 9.17) is 5.73 Å². The first kappa shape index (κ1) is 9.76. The number of hydrogen-bond acceptors (Lipinski definition) is 5. The minimum absolute atomic E-state index is 0.422. The number of pyridine rings is 1. The van der Waals surface area contributed by atoms with Crippen LogP contribution in [0.3, 0.4) is 0 Å². The molecule has 0 unspecified atom stereocenters. The maximum atomic E-state index is 5.86. The molecule has 0 spiro atoms. The van der Waals surface area contributed by atoms with Gasteiger partial charge in [0.25, 0.3) is 0 Å². The molecule has 0 radical (unpaired) electrons. The maximum absolute atomic E-state index is 5.86. The topological polar surface area (TPSA) is 87.4 Å². The van der Waals surface area contributed by atoms with Crippen molar-refractivity contribution in [3.63, 3.8) is 0 Å². The van der Waals surface area contributed by atoms with E-state index < -0.39 is 0 Å². The highest BCUT2D eigenvalue weighted by Crippen LogP contribution is 2.15. The fourth-order valence-corrected chi connectivity index (χ4v) is 1.73. The van der Waals surface area contributed by atoms with Crippen LogP contribution in [-0.2, 0) is 13.6 Å². The molecule has 0 fully saturated rings. The largest absolute Gasteiger partial charge is 0.369 e. The zero-order valence-corrected chi connectivity index (χ0v) is 9.28. The Morgan fingerprint density at radius 2 is 2.24 bits per heavy atom. The van der Waals surface area contributed by atoms with E-state index in [9.17, 15) is 0 Å². The number of imidazole rings is 1. The van der Waals surface area contributed by atoms with Crippen molar-refractivity contribution in [1.29, 1.82) is 0 Å². The van der Waals surface area contributed by atoms with Crippen molar-refractivity contribution in [3.8, 4) is 0 Å². The van der Waals surface area contributed by atoms with Gasteiger partial charge in [0.15, 0.2) is 11.5 Å². The number of nitrogens with two attached hydrogens (primary N) is 1. The van der Waals surface area contributed by atoms with Gasteiger partial charge in [-0.1, -0.05) is 0 Å². The molecular weight excluding hydrogens is 218 g/mol. The summed E-state index contributed by atoms with van der Waals surface area (Å²) in [7, 11) is 1.82. The Hall–Kier alpha value is -2.44. The molecule has 3 aromatic rings. The molecule has 0 saturated heterocycles. The van der Waals surface area contributed by atoms with Crippen LogP contribution in [-0.4, -0.2) is 29.3 Å². The molecule has 0 aromatic carbocycles. The highest BCUT2D eigenvalue weighted by atomic mass is 15.3. The number of fused-ring (bicyclic) bond motifs is 1. The minimum atomic E-state index is 0.422. The smallest absolute Gasteiger partial charge is 0.202 e. The van der Waals surface area contributed by atoms with Crippen molar-refractivity contribution in [2.75, 3.05) is 5.73 Å². The third kappa shape index (κ3) is 1.61. The van der Waals surface area contributed by atoms with Crippen molar-refractivity contribution in [3.05, 3.63) is 30.5 Å². The highest BCUT2D eigenvalue weighted by Gasteiger charge is 2.10. The van der Waals surface area contributed by atoms with E-state index >= 15 is 0 Å². The van der Waals surface area contributed by atoms with Gasteiger partial charge >= 0.3 is 0 Å². The van der Waals surface area contributed by atoms with Gasteiger partial charge in [-0.25, -0.2) is 15.0 Å². The van der Waals surface area contributed by atoms with Gasteiger partial charge in [-0.3, -0.25) is 9.25 Å². The molecule has 0 aliphatic heterocycles. The van der Waals surface area contributed by atoms with E-state index in [1.165, 1.54) is 0 Å². The monoisotopic (exact) mass is 229 g/mol. The minimum Gasteiger partial charge on any atom is -0.369 e. The summed E-state index contributed by atoms with van der Waals surface area (Å²) in [6.07, 6.45) is 3.36. The molecule has 0 atom stereocenters. The van der Waals surface area contributed by atoms with Crippen molar-refractivity contribution in [1.82, 2.24) is 29.3 Å². The third-order valence-electron chi connectivity index (χ3n) is 2.48. The van der Waals surface area contributed by atoms with Crippen LogP contribution in [0.1, 0.15) is 5.82 Å². The Morgan fingerprint density at radius 3 is 3.00 bits per heavy atom. The van der Waals surface area contributed by atoms with Crippen molar-refractivity contribution in [2.24, 2.45) is 7.05 Å². The first-order chi connectivity index (χ1) is 8.24. The molecule has 3 heterocycles. The number of aromatic nitrogens is 6. The van der Waals surface area contributed by atoms with Gasteiger partial charge in [0.05, 0.1) is 6.54 Å². The molecule has 3 aromatic heterocycles. The van der Waals surface area contributed by atoms with Gasteiger partial charge in [0.2, 0.25) is 5.95 Å². The summed E-state index contributed by atoms with van der Waals surface area (Å²) in [6.45, 7) is 0.472. The molecule has 7 heteroatoms. The molecule has 0 aliphatic rings. The lowest BCUT2D eigenvalue weighted by Gasteiger charge is -2.01. The summed E-state index contributed by atoms with van der Waals surface area (Å²) in [4.78, 5) is 12.7. The predicted octanol–water partition coefficient (Wildman–Crippen LogP) is 0.190. The van der Waals surface area contributed by atoms with Gasteiger partial charge in [0, 0.05) is 13.2 Å². The molecule has 0 amide bonds. The summed E-state index contributed by atoms with van der Waals surface area (Å²) in [6, 6.07) is 3.71. The van der Waals surface area contributed by atoms with Gasteiger partial charge in [0.1, 0.15) is 11.8 Å². The summed E-state index contributed by atoms with van der Waals surface area (Å²) >= 11 is 0. The lowest BCUT2D eigenvalue weighted by atomic mass is 10.4.